The lowest BCUT2D eigenvalue weighted by atomic mass is 9.86. The second-order valence-electron chi connectivity index (χ2n) is 7.40. The Balaban J connectivity index is 2.10. The van der Waals surface area contributed by atoms with Gasteiger partial charge in [0, 0.05) is 30.9 Å². The number of hydrogen-bond donors (Lipinski definition) is 1. The quantitative estimate of drug-likeness (QED) is 0.828. The van der Waals surface area contributed by atoms with Crippen LogP contribution in [0.3, 0.4) is 0 Å². The topological polar surface area (TPSA) is 71.3 Å². The summed E-state index contributed by atoms with van der Waals surface area (Å²) in [5.74, 6) is -0.801. The minimum Gasteiger partial charge on any atom is -0.460 e. The van der Waals surface area contributed by atoms with Crippen molar-refractivity contribution in [3.63, 3.8) is 0 Å². The number of ether oxygens (including phenoxy) is 2. The molecule has 1 aliphatic heterocycles. The van der Waals surface area contributed by atoms with Crippen LogP contribution in [-0.4, -0.2) is 30.3 Å². The van der Waals surface area contributed by atoms with E-state index in [1.54, 1.807) is 12.1 Å². The summed E-state index contributed by atoms with van der Waals surface area (Å²) in [5, 5.41) is 12.3. The Morgan fingerprint density at radius 3 is 2.68 bits per heavy atom. The summed E-state index contributed by atoms with van der Waals surface area (Å²) in [7, 11) is 0. The highest BCUT2D eigenvalue weighted by atomic mass is 19.1. The monoisotopic (exact) mass is 348 g/mol. The predicted octanol–water partition coefficient (Wildman–Crippen LogP) is 3.07. The molecule has 0 aromatic heterocycles. The first kappa shape index (κ1) is 19.4. The largest absolute Gasteiger partial charge is 0.460 e. The van der Waals surface area contributed by atoms with Gasteiger partial charge in [0.25, 0.3) is 0 Å². The molecule has 1 aliphatic rings. The third-order valence-electron chi connectivity index (χ3n) is 4.21. The highest BCUT2D eigenvalue weighted by Crippen LogP contribution is 2.27. The van der Waals surface area contributed by atoms with Crippen LogP contribution in [0, 0.1) is 17.1 Å². The number of halogens is 1. The molecule has 2 rings (SSSR count). The Morgan fingerprint density at radius 1 is 1.40 bits per heavy atom. The number of nitrogens with one attached hydrogen (secondary N) is 1. The van der Waals surface area contributed by atoms with Crippen LogP contribution in [0.15, 0.2) is 18.2 Å². The van der Waals surface area contributed by atoms with Crippen molar-refractivity contribution in [1.82, 2.24) is 5.32 Å². The zero-order valence-electron chi connectivity index (χ0n) is 15.0. The highest BCUT2D eigenvalue weighted by molar-refractivity contribution is 5.71. The molecule has 1 saturated heterocycles. The standard InChI is InChI=1S/C19H25FN2O3/c1-18(2,3)25-16(23)11-19(7-9-24-10-8-19)22-13-15-6-4-5-14(12-21)17(15)20/h4-6,22H,7-11,13H2,1-3H3. The van der Waals surface area contributed by atoms with E-state index in [1.807, 2.05) is 26.8 Å². The maximum atomic E-state index is 14.3. The summed E-state index contributed by atoms with van der Waals surface area (Å²) in [6.45, 7) is 6.81. The second-order valence-corrected chi connectivity index (χ2v) is 7.40. The lowest BCUT2D eigenvalue weighted by Gasteiger charge is -2.38. The summed E-state index contributed by atoms with van der Waals surface area (Å²) in [4.78, 5) is 12.3. The number of rotatable bonds is 5. The minimum atomic E-state index is -0.545. The van der Waals surface area contributed by atoms with Gasteiger partial charge in [0.15, 0.2) is 0 Å². The minimum absolute atomic E-state index is 0.0208. The third kappa shape index (κ3) is 5.52. The van der Waals surface area contributed by atoms with E-state index in [9.17, 15) is 9.18 Å². The van der Waals surface area contributed by atoms with Gasteiger partial charge in [-0.1, -0.05) is 12.1 Å². The summed E-state index contributed by atoms with van der Waals surface area (Å²) < 4.78 is 25.1. The van der Waals surface area contributed by atoms with Crippen LogP contribution in [0.4, 0.5) is 4.39 Å². The molecule has 0 spiro atoms. The molecule has 1 aromatic carbocycles. The number of esters is 1. The molecule has 0 atom stereocenters. The van der Waals surface area contributed by atoms with Crippen molar-refractivity contribution in [3.8, 4) is 6.07 Å². The Morgan fingerprint density at radius 2 is 2.08 bits per heavy atom. The van der Waals surface area contributed by atoms with E-state index in [0.29, 0.717) is 31.6 Å². The number of nitrogens with zero attached hydrogens (tertiary/aromatic N) is 1. The van der Waals surface area contributed by atoms with E-state index >= 15 is 0 Å². The van der Waals surface area contributed by atoms with Crippen LogP contribution in [-0.2, 0) is 20.8 Å². The molecule has 0 unspecified atom stereocenters. The molecule has 1 aromatic rings. The average Bonchev–Trinajstić information content (AvgIpc) is 2.53. The molecule has 136 valence electrons. The van der Waals surface area contributed by atoms with Gasteiger partial charge in [0.05, 0.1) is 12.0 Å². The maximum absolute atomic E-state index is 14.3. The fourth-order valence-electron chi connectivity index (χ4n) is 2.92. The molecule has 25 heavy (non-hydrogen) atoms. The lowest BCUT2D eigenvalue weighted by Crippen LogP contribution is -2.51. The molecular weight excluding hydrogens is 323 g/mol. The first-order valence-corrected chi connectivity index (χ1v) is 8.47. The number of carbonyl (C=O) groups is 1. The summed E-state index contributed by atoms with van der Waals surface area (Å²) in [6, 6.07) is 6.59. The van der Waals surface area contributed by atoms with E-state index in [2.05, 4.69) is 5.32 Å². The SMILES string of the molecule is CC(C)(C)OC(=O)CC1(NCc2cccc(C#N)c2F)CCOCC1. The van der Waals surface area contributed by atoms with Gasteiger partial charge in [-0.2, -0.15) is 5.26 Å². The summed E-state index contributed by atoms with van der Waals surface area (Å²) >= 11 is 0. The van der Waals surface area contributed by atoms with Gasteiger partial charge in [0.2, 0.25) is 0 Å². The summed E-state index contributed by atoms with van der Waals surface area (Å²) in [6.07, 6.45) is 1.49. The molecular formula is C19H25FN2O3. The molecule has 1 N–H and O–H groups in total. The van der Waals surface area contributed by atoms with E-state index in [0.717, 1.165) is 0 Å². The van der Waals surface area contributed by atoms with Gasteiger partial charge in [-0.25, -0.2) is 4.39 Å². The van der Waals surface area contributed by atoms with Crippen molar-refractivity contribution in [2.24, 2.45) is 0 Å². The molecule has 0 amide bonds. The number of benzene rings is 1. The van der Waals surface area contributed by atoms with Crippen molar-refractivity contribution in [2.75, 3.05) is 13.2 Å². The molecule has 5 nitrogen and oxygen atoms in total. The van der Waals surface area contributed by atoms with Crippen molar-refractivity contribution >= 4 is 5.97 Å². The van der Waals surface area contributed by atoms with Crippen LogP contribution < -0.4 is 5.32 Å². The van der Waals surface area contributed by atoms with Crippen LogP contribution in [0.5, 0.6) is 0 Å². The van der Waals surface area contributed by atoms with Crippen LogP contribution >= 0.6 is 0 Å². The zero-order chi connectivity index (χ0) is 18.5. The molecule has 6 heteroatoms. The van der Waals surface area contributed by atoms with Crippen LogP contribution in [0.25, 0.3) is 0 Å². The Labute approximate surface area is 148 Å². The average molecular weight is 348 g/mol. The van der Waals surface area contributed by atoms with E-state index in [4.69, 9.17) is 14.7 Å². The molecule has 0 bridgehead atoms. The van der Waals surface area contributed by atoms with Gasteiger partial charge in [0.1, 0.15) is 17.5 Å². The molecule has 0 aliphatic carbocycles. The Bertz CT molecular complexity index is 656. The van der Waals surface area contributed by atoms with Crippen molar-refractivity contribution < 1.29 is 18.7 Å². The predicted molar refractivity (Wildman–Crippen MR) is 91.2 cm³/mol. The highest BCUT2D eigenvalue weighted by Gasteiger charge is 2.36. The third-order valence-corrected chi connectivity index (χ3v) is 4.21. The Hall–Kier alpha value is -1.97. The van der Waals surface area contributed by atoms with Crippen molar-refractivity contribution in [3.05, 3.63) is 35.1 Å². The van der Waals surface area contributed by atoms with E-state index < -0.39 is 17.0 Å². The molecule has 0 radical (unpaired) electrons. The fourth-order valence-corrected chi connectivity index (χ4v) is 2.92. The summed E-state index contributed by atoms with van der Waals surface area (Å²) in [5.41, 5.74) is -0.603. The number of hydrogen-bond acceptors (Lipinski definition) is 5. The first-order chi connectivity index (χ1) is 11.7. The lowest BCUT2D eigenvalue weighted by molar-refractivity contribution is -0.157. The van der Waals surface area contributed by atoms with E-state index in [-0.39, 0.29) is 24.5 Å². The molecule has 1 heterocycles. The van der Waals surface area contributed by atoms with Gasteiger partial charge < -0.3 is 14.8 Å². The van der Waals surface area contributed by atoms with Crippen LogP contribution in [0.2, 0.25) is 0 Å². The normalized spacial score (nSPS) is 16.9. The van der Waals surface area contributed by atoms with E-state index in [1.165, 1.54) is 6.07 Å². The van der Waals surface area contributed by atoms with Crippen LogP contribution in [0.1, 0.15) is 51.2 Å². The Kier molecular flexibility index (Phi) is 6.15. The smallest absolute Gasteiger partial charge is 0.308 e. The zero-order valence-corrected chi connectivity index (χ0v) is 15.0. The first-order valence-electron chi connectivity index (χ1n) is 8.47. The maximum Gasteiger partial charge on any atom is 0.308 e. The van der Waals surface area contributed by atoms with Crippen molar-refractivity contribution in [2.45, 2.75) is 57.7 Å². The van der Waals surface area contributed by atoms with Crippen molar-refractivity contribution in [1.29, 1.82) is 5.26 Å². The van der Waals surface area contributed by atoms with Gasteiger partial charge >= 0.3 is 5.97 Å². The van der Waals surface area contributed by atoms with Gasteiger partial charge in [-0.05, 0) is 39.7 Å². The second kappa shape index (κ2) is 7.94. The number of nitriles is 1. The number of carbonyl (C=O) groups excluding carboxylic acids is 1. The van der Waals surface area contributed by atoms with Gasteiger partial charge in [-0.3, -0.25) is 4.79 Å². The van der Waals surface area contributed by atoms with Gasteiger partial charge in [-0.15, -0.1) is 0 Å². The fraction of sp³-hybridized carbons (Fsp3) is 0.579. The molecule has 0 saturated carbocycles. The molecule has 1 fully saturated rings.